The van der Waals surface area contributed by atoms with E-state index in [1.807, 2.05) is 11.4 Å². The first-order valence-electron chi connectivity index (χ1n) is 8.89. The molecular formula is C20H15F2N3O3S. The molecule has 0 unspecified atom stereocenters. The Hall–Kier alpha value is -3.04. The minimum Gasteiger partial charge on any atom is -0.373 e. The quantitative estimate of drug-likeness (QED) is 0.524. The number of aromatic nitrogens is 2. The molecule has 1 aliphatic rings. The van der Waals surface area contributed by atoms with E-state index in [0.717, 1.165) is 22.3 Å². The van der Waals surface area contributed by atoms with Crippen LogP contribution in [0.15, 0.2) is 34.4 Å². The zero-order valence-electron chi connectivity index (χ0n) is 15.2. The summed E-state index contributed by atoms with van der Waals surface area (Å²) in [6, 6.07) is 5.00. The van der Waals surface area contributed by atoms with Crippen molar-refractivity contribution in [1.29, 1.82) is 0 Å². The summed E-state index contributed by atoms with van der Waals surface area (Å²) in [5.41, 5.74) is 1.79. The third-order valence-corrected chi connectivity index (χ3v) is 6.16. The number of halogens is 2. The first-order valence-corrected chi connectivity index (χ1v) is 9.77. The van der Waals surface area contributed by atoms with Gasteiger partial charge >= 0.3 is 0 Å². The number of thiophene rings is 1. The number of H-pyrrole nitrogens is 2. The molecule has 9 heteroatoms. The molecule has 6 nitrogen and oxygen atoms in total. The number of likely N-dealkylation sites (N-methyl/N-ethyl adjacent to an activating group) is 1. The predicted octanol–water partition coefficient (Wildman–Crippen LogP) is 3.69. The monoisotopic (exact) mass is 415 g/mol. The Morgan fingerprint density at radius 2 is 1.97 bits per heavy atom. The van der Waals surface area contributed by atoms with Crippen LogP contribution in [-0.4, -0.2) is 34.4 Å². The van der Waals surface area contributed by atoms with E-state index >= 15 is 0 Å². The van der Waals surface area contributed by atoms with Crippen LogP contribution in [0, 0.1) is 11.6 Å². The van der Waals surface area contributed by atoms with Gasteiger partial charge in [-0.2, -0.15) is 0 Å². The minimum atomic E-state index is -1.09. The van der Waals surface area contributed by atoms with Crippen molar-refractivity contribution >= 4 is 38.2 Å². The molecule has 0 fully saturated rings. The maximum Gasteiger partial charge on any atom is 0.270 e. The number of nitrogens with one attached hydrogen (secondary N) is 2. The van der Waals surface area contributed by atoms with Crippen molar-refractivity contribution < 1.29 is 18.3 Å². The number of fused-ring (bicyclic) bond motifs is 4. The summed E-state index contributed by atoms with van der Waals surface area (Å²) < 4.78 is 34.2. The number of pyridine rings is 1. The van der Waals surface area contributed by atoms with Crippen LogP contribution in [0.25, 0.3) is 21.0 Å². The first kappa shape index (κ1) is 18.0. The summed E-state index contributed by atoms with van der Waals surface area (Å²) in [6.07, 6.45) is 0. The lowest BCUT2D eigenvalue weighted by Gasteiger charge is -2.33. The Kier molecular flexibility index (Phi) is 4.04. The Morgan fingerprint density at radius 1 is 1.21 bits per heavy atom. The highest BCUT2D eigenvalue weighted by Gasteiger charge is 2.32. The number of amides is 1. The highest BCUT2D eigenvalue weighted by atomic mass is 32.1. The lowest BCUT2D eigenvalue weighted by atomic mass is 9.95. The van der Waals surface area contributed by atoms with Gasteiger partial charge in [0, 0.05) is 18.3 Å². The molecule has 5 rings (SSSR count). The van der Waals surface area contributed by atoms with Gasteiger partial charge in [-0.25, -0.2) is 8.78 Å². The molecular weight excluding hydrogens is 400 g/mol. The SMILES string of the molecule is CN(C(=O)c1cc2sccc2[nH]1)[C@@H]1COCc2[nH]c(=O)c3cc(F)c(F)cc3c21. The standard InChI is InChI=1S/C20H15F2N3O3S/c1-25(20(27)14-6-17-13(23-14)2-3-29-17)16-8-28-7-15-18(16)9-4-11(21)12(22)5-10(9)19(26)24-15/h2-6,16,23H,7-8H2,1H3,(H,24,26)/t16-/m1/s1. The van der Waals surface area contributed by atoms with Crippen molar-refractivity contribution in [2.75, 3.05) is 13.7 Å². The summed E-state index contributed by atoms with van der Waals surface area (Å²) in [6.45, 7) is 0.292. The summed E-state index contributed by atoms with van der Waals surface area (Å²) in [4.78, 5) is 32.7. The molecule has 1 aliphatic heterocycles. The molecule has 148 valence electrons. The number of hydrogen-bond acceptors (Lipinski definition) is 4. The fraction of sp³-hybridized carbons (Fsp3) is 0.200. The highest BCUT2D eigenvalue weighted by Crippen LogP contribution is 2.34. The highest BCUT2D eigenvalue weighted by molar-refractivity contribution is 7.17. The average molecular weight is 415 g/mol. The largest absolute Gasteiger partial charge is 0.373 e. The van der Waals surface area contributed by atoms with Gasteiger partial charge in [0.25, 0.3) is 11.5 Å². The summed E-state index contributed by atoms with van der Waals surface area (Å²) >= 11 is 1.52. The van der Waals surface area contributed by atoms with Gasteiger partial charge < -0.3 is 19.6 Å². The Balaban J connectivity index is 1.63. The van der Waals surface area contributed by atoms with Gasteiger partial charge in [-0.1, -0.05) is 0 Å². The van der Waals surface area contributed by atoms with Gasteiger partial charge in [0.15, 0.2) is 11.6 Å². The van der Waals surface area contributed by atoms with Gasteiger partial charge in [-0.3, -0.25) is 9.59 Å². The molecule has 1 aromatic carbocycles. The van der Waals surface area contributed by atoms with Crippen LogP contribution < -0.4 is 5.56 Å². The van der Waals surface area contributed by atoms with Crippen molar-refractivity contribution in [1.82, 2.24) is 14.9 Å². The third kappa shape index (κ3) is 2.77. The molecule has 0 bridgehead atoms. The van der Waals surface area contributed by atoms with Crippen molar-refractivity contribution in [3.05, 3.63) is 68.6 Å². The summed E-state index contributed by atoms with van der Waals surface area (Å²) in [7, 11) is 1.62. The molecule has 1 atom stereocenters. The Labute approximate surface area is 166 Å². The Bertz CT molecular complexity index is 1310. The van der Waals surface area contributed by atoms with Crippen LogP contribution in [0.1, 0.15) is 27.8 Å². The number of rotatable bonds is 2. The van der Waals surface area contributed by atoms with Crippen LogP contribution in [0.4, 0.5) is 8.78 Å². The lowest BCUT2D eigenvalue weighted by molar-refractivity contribution is 0.0333. The van der Waals surface area contributed by atoms with Crippen LogP contribution in [0.5, 0.6) is 0 Å². The second-order valence-corrected chi connectivity index (χ2v) is 7.93. The molecule has 1 amide bonds. The lowest BCUT2D eigenvalue weighted by Crippen LogP contribution is -2.37. The van der Waals surface area contributed by atoms with E-state index in [2.05, 4.69) is 9.97 Å². The van der Waals surface area contributed by atoms with Gasteiger partial charge in [0.1, 0.15) is 5.69 Å². The fourth-order valence-corrected chi connectivity index (χ4v) is 4.63. The summed E-state index contributed by atoms with van der Waals surface area (Å²) in [5.74, 6) is -2.41. The second kappa shape index (κ2) is 6.50. The maximum atomic E-state index is 14.0. The number of aromatic amines is 2. The van der Waals surface area contributed by atoms with E-state index in [4.69, 9.17) is 4.74 Å². The molecule has 4 heterocycles. The number of carbonyl (C=O) groups is 1. The number of hydrogen-bond donors (Lipinski definition) is 2. The molecule has 0 radical (unpaired) electrons. The van der Waals surface area contributed by atoms with Crippen molar-refractivity contribution in [2.24, 2.45) is 0 Å². The van der Waals surface area contributed by atoms with Crippen molar-refractivity contribution in [3.8, 4) is 0 Å². The predicted molar refractivity (Wildman–Crippen MR) is 105 cm³/mol. The number of benzene rings is 1. The smallest absolute Gasteiger partial charge is 0.270 e. The van der Waals surface area contributed by atoms with Gasteiger partial charge in [0.2, 0.25) is 0 Å². The molecule has 2 N–H and O–H groups in total. The van der Waals surface area contributed by atoms with Crippen LogP contribution in [0.3, 0.4) is 0 Å². The molecule has 0 saturated heterocycles. The van der Waals surface area contributed by atoms with Crippen molar-refractivity contribution in [2.45, 2.75) is 12.6 Å². The van der Waals surface area contributed by atoms with Crippen molar-refractivity contribution in [3.63, 3.8) is 0 Å². The fourth-order valence-electron chi connectivity index (χ4n) is 3.84. The van der Waals surface area contributed by atoms with E-state index in [1.54, 1.807) is 13.1 Å². The molecule has 0 spiro atoms. The topological polar surface area (TPSA) is 78.2 Å². The summed E-state index contributed by atoms with van der Waals surface area (Å²) in [5, 5.41) is 2.25. The molecule has 3 aromatic heterocycles. The van der Waals surface area contributed by atoms with Gasteiger partial charge in [0.05, 0.1) is 34.9 Å². The van der Waals surface area contributed by atoms with E-state index in [0.29, 0.717) is 17.0 Å². The molecule has 0 aliphatic carbocycles. The Morgan fingerprint density at radius 3 is 2.72 bits per heavy atom. The molecule has 0 saturated carbocycles. The van der Waals surface area contributed by atoms with E-state index in [9.17, 15) is 18.4 Å². The van der Waals surface area contributed by atoms with E-state index in [1.165, 1.54) is 16.2 Å². The van der Waals surface area contributed by atoms with Crippen LogP contribution >= 0.6 is 11.3 Å². The van der Waals surface area contributed by atoms with Crippen LogP contribution in [0.2, 0.25) is 0 Å². The maximum absolute atomic E-state index is 14.0. The number of ether oxygens (including phenoxy) is 1. The van der Waals surface area contributed by atoms with Gasteiger partial charge in [-0.15, -0.1) is 11.3 Å². The second-order valence-electron chi connectivity index (χ2n) is 6.99. The first-order chi connectivity index (χ1) is 13.9. The molecule has 4 aromatic rings. The van der Waals surface area contributed by atoms with E-state index < -0.39 is 23.2 Å². The molecule has 29 heavy (non-hydrogen) atoms. The number of nitrogens with zero attached hydrogens (tertiary/aromatic N) is 1. The normalized spacial score (nSPS) is 16.3. The van der Waals surface area contributed by atoms with E-state index in [-0.39, 0.29) is 29.9 Å². The third-order valence-electron chi connectivity index (χ3n) is 5.30. The van der Waals surface area contributed by atoms with Crippen LogP contribution in [-0.2, 0) is 11.3 Å². The number of carbonyl (C=O) groups excluding carboxylic acids is 1. The van der Waals surface area contributed by atoms with Gasteiger partial charge in [-0.05, 0) is 35.0 Å². The zero-order valence-corrected chi connectivity index (χ0v) is 16.0. The average Bonchev–Trinajstić information content (AvgIpc) is 3.30. The zero-order chi connectivity index (χ0) is 20.3. The minimum absolute atomic E-state index is 0.0378.